The van der Waals surface area contributed by atoms with Crippen LogP contribution in [0.3, 0.4) is 0 Å². The lowest BCUT2D eigenvalue weighted by Gasteiger charge is -2.13. The van der Waals surface area contributed by atoms with Gasteiger partial charge in [-0.1, -0.05) is 25.7 Å². The molecule has 2 N–H and O–H groups in total. The van der Waals surface area contributed by atoms with Gasteiger partial charge in [-0.3, -0.25) is 4.79 Å². The number of carboxylic acid groups (broad SMARTS) is 1. The van der Waals surface area contributed by atoms with E-state index in [0.717, 1.165) is 12.8 Å². The first-order valence-electron chi connectivity index (χ1n) is 7.14. The van der Waals surface area contributed by atoms with Crippen LogP contribution in [0.25, 0.3) is 0 Å². The first kappa shape index (κ1) is 14.5. The first-order chi connectivity index (χ1) is 9.65. The molecule has 0 unspecified atom stereocenters. The van der Waals surface area contributed by atoms with Crippen molar-refractivity contribution in [2.75, 3.05) is 5.32 Å². The van der Waals surface area contributed by atoms with Gasteiger partial charge >= 0.3 is 5.97 Å². The van der Waals surface area contributed by atoms with Gasteiger partial charge in [0.1, 0.15) is 5.69 Å². The van der Waals surface area contributed by atoms with E-state index in [2.05, 4.69) is 10.3 Å². The fourth-order valence-corrected chi connectivity index (χ4v) is 2.64. The zero-order valence-corrected chi connectivity index (χ0v) is 11.5. The Morgan fingerprint density at radius 3 is 2.45 bits per heavy atom. The third-order valence-electron chi connectivity index (χ3n) is 3.72. The smallest absolute Gasteiger partial charge is 0.354 e. The Kier molecular flexibility index (Phi) is 5.09. The molecule has 1 saturated carbocycles. The van der Waals surface area contributed by atoms with E-state index >= 15 is 0 Å². The second kappa shape index (κ2) is 7.03. The average molecular weight is 276 g/mol. The minimum absolute atomic E-state index is 0.0122. The Morgan fingerprint density at radius 2 is 1.90 bits per heavy atom. The summed E-state index contributed by atoms with van der Waals surface area (Å²) in [6.45, 7) is 0. The Morgan fingerprint density at radius 1 is 1.20 bits per heavy atom. The van der Waals surface area contributed by atoms with Crippen LogP contribution < -0.4 is 5.32 Å². The highest BCUT2D eigenvalue weighted by Crippen LogP contribution is 2.25. The van der Waals surface area contributed by atoms with Crippen molar-refractivity contribution in [3.05, 3.63) is 24.0 Å². The number of pyridine rings is 1. The predicted molar refractivity (Wildman–Crippen MR) is 75.6 cm³/mol. The SMILES string of the molecule is O=C(CC1CCCCCC1)Nc1ccc(C(=O)O)nc1. The number of aromatic carboxylic acids is 1. The van der Waals surface area contributed by atoms with E-state index in [0.29, 0.717) is 18.0 Å². The van der Waals surface area contributed by atoms with Gasteiger partial charge in [0.25, 0.3) is 0 Å². The van der Waals surface area contributed by atoms with Crippen molar-refractivity contribution in [2.24, 2.45) is 5.92 Å². The van der Waals surface area contributed by atoms with E-state index in [9.17, 15) is 9.59 Å². The Labute approximate surface area is 118 Å². The minimum atomic E-state index is -1.07. The van der Waals surface area contributed by atoms with Crippen molar-refractivity contribution >= 4 is 17.6 Å². The molecule has 1 aliphatic carbocycles. The molecule has 0 saturated heterocycles. The Hall–Kier alpha value is -1.91. The molecule has 1 fully saturated rings. The van der Waals surface area contributed by atoms with E-state index in [1.807, 2.05) is 0 Å². The molecule has 0 spiro atoms. The van der Waals surface area contributed by atoms with Crippen LogP contribution in [0.15, 0.2) is 18.3 Å². The molecule has 5 nitrogen and oxygen atoms in total. The number of anilines is 1. The van der Waals surface area contributed by atoms with Gasteiger partial charge in [0.2, 0.25) is 5.91 Å². The molecule has 2 rings (SSSR count). The summed E-state index contributed by atoms with van der Waals surface area (Å²) in [5, 5.41) is 11.5. The van der Waals surface area contributed by atoms with Crippen LogP contribution in [-0.2, 0) is 4.79 Å². The first-order valence-corrected chi connectivity index (χ1v) is 7.14. The van der Waals surface area contributed by atoms with Crippen LogP contribution in [0.2, 0.25) is 0 Å². The number of amides is 1. The predicted octanol–water partition coefficient (Wildman–Crippen LogP) is 3.08. The van der Waals surface area contributed by atoms with Gasteiger partial charge in [0.05, 0.1) is 11.9 Å². The number of rotatable bonds is 4. The Bertz CT molecular complexity index is 463. The zero-order chi connectivity index (χ0) is 14.4. The summed E-state index contributed by atoms with van der Waals surface area (Å²) in [5.74, 6) is -0.605. The van der Waals surface area contributed by atoms with Crippen LogP contribution in [0.5, 0.6) is 0 Å². The molecule has 1 amide bonds. The maximum atomic E-state index is 12.0. The third kappa shape index (κ3) is 4.33. The fourth-order valence-electron chi connectivity index (χ4n) is 2.64. The van der Waals surface area contributed by atoms with Gasteiger partial charge in [-0.25, -0.2) is 9.78 Å². The highest BCUT2D eigenvalue weighted by Gasteiger charge is 2.16. The van der Waals surface area contributed by atoms with E-state index < -0.39 is 5.97 Å². The molecule has 5 heteroatoms. The third-order valence-corrected chi connectivity index (χ3v) is 3.72. The van der Waals surface area contributed by atoms with Crippen molar-refractivity contribution < 1.29 is 14.7 Å². The monoisotopic (exact) mass is 276 g/mol. The zero-order valence-electron chi connectivity index (χ0n) is 11.5. The average Bonchev–Trinajstić information content (AvgIpc) is 2.68. The summed E-state index contributed by atoms with van der Waals surface area (Å²) in [7, 11) is 0. The number of aromatic nitrogens is 1. The fraction of sp³-hybridized carbons (Fsp3) is 0.533. The van der Waals surface area contributed by atoms with Gasteiger partial charge < -0.3 is 10.4 Å². The van der Waals surface area contributed by atoms with Crippen molar-refractivity contribution in [1.29, 1.82) is 0 Å². The van der Waals surface area contributed by atoms with Gasteiger partial charge in [0.15, 0.2) is 0 Å². The lowest BCUT2D eigenvalue weighted by atomic mass is 9.96. The molecule has 0 radical (unpaired) electrons. The summed E-state index contributed by atoms with van der Waals surface area (Å²) in [5.41, 5.74) is 0.528. The molecule has 108 valence electrons. The largest absolute Gasteiger partial charge is 0.477 e. The molecule has 1 aliphatic rings. The van der Waals surface area contributed by atoms with E-state index in [-0.39, 0.29) is 11.6 Å². The molecule has 0 aromatic carbocycles. The van der Waals surface area contributed by atoms with Crippen molar-refractivity contribution in [2.45, 2.75) is 44.9 Å². The van der Waals surface area contributed by atoms with Gasteiger partial charge in [0, 0.05) is 6.42 Å². The number of hydrogen-bond acceptors (Lipinski definition) is 3. The number of carbonyl (C=O) groups is 2. The molecular formula is C15H20N2O3. The molecule has 0 bridgehead atoms. The maximum absolute atomic E-state index is 12.0. The highest BCUT2D eigenvalue weighted by atomic mass is 16.4. The molecule has 0 atom stereocenters. The lowest BCUT2D eigenvalue weighted by Crippen LogP contribution is -2.16. The summed E-state index contributed by atoms with van der Waals surface area (Å²) >= 11 is 0. The van der Waals surface area contributed by atoms with Gasteiger partial charge in [-0.05, 0) is 30.9 Å². The molecule has 1 heterocycles. The Balaban J connectivity index is 1.85. The minimum Gasteiger partial charge on any atom is -0.477 e. The number of hydrogen-bond donors (Lipinski definition) is 2. The summed E-state index contributed by atoms with van der Waals surface area (Å²) in [6, 6.07) is 2.96. The van der Waals surface area contributed by atoms with Crippen molar-refractivity contribution in [3.63, 3.8) is 0 Å². The van der Waals surface area contributed by atoms with Crippen LogP contribution in [0.1, 0.15) is 55.4 Å². The molecular weight excluding hydrogens is 256 g/mol. The van der Waals surface area contributed by atoms with Crippen molar-refractivity contribution in [1.82, 2.24) is 4.98 Å². The van der Waals surface area contributed by atoms with Gasteiger partial charge in [-0.2, -0.15) is 0 Å². The summed E-state index contributed by atoms with van der Waals surface area (Å²) in [4.78, 5) is 26.4. The second-order valence-corrected chi connectivity index (χ2v) is 5.35. The van der Waals surface area contributed by atoms with Crippen LogP contribution in [0, 0.1) is 5.92 Å². The molecule has 0 aliphatic heterocycles. The standard InChI is InChI=1S/C15H20N2O3/c18-14(9-11-5-3-1-2-4-6-11)17-12-7-8-13(15(19)20)16-10-12/h7-8,10-11H,1-6,9H2,(H,17,18)(H,19,20). The van der Waals surface area contributed by atoms with Crippen LogP contribution in [0.4, 0.5) is 5.69 Å². The maximum Gasteiger partial charge on any atom is 0.354 e. The molecule has 1 aromatic rings. The molecule has 20 heavy (non-hydrogen) atoms. The molecule has 1 aromatic heterocycles. The topological polar surface area (TPSA) is 79.3 Å². The van der Waals surface area contributed by atoms with E-state index in [1.165, 1.54) is 37.9 Å². The highest BCUT2D eigenvalue weighted by molar-refractivity contribution is 5.91. The normalized spacial score (nSPS) is 16.4. The number of carbonyl (C=O) groups excluding carboxylic acids is 1. The van der Waals surface area contributed by atoms with Gasteiger partial charge in [-0.15, -0.1) is 0 Å². The summed E-state index contributed by atoms with van der Waals surface area (Å²) < 4.78 is 0. The number of nitrogens with zero attached hydrogens (tertiary/aromatic N) is 1. The van der Waals surface area contributed by atoms with Crippen molar-refractivity contribution in [3.8, 4) is 0 Å². The second-order valence-electron chi connectivity index (χ2n) is 5.35. The summed E-state index contributed by atoms with van der Waals surface area (Å²) in [6.07, 6.45) is 9.17. The van der Waals surface area contributed by atoms with E-state index in [4.69, 9.17) is 5.11 Å². The quantitative estimate of drug-likeness (QED) is 0.828. The van der Waals surface area contributed by atoms with Crippen LogP contribution in [-0.4, -0.2) is 22.0 Å². The number of nitrogens with one attached hydrogen (secondary N) is 1. The number of carboxylic acids is 1. The van der Waals surface area contributed by atoms with Crippen LogP contribution >= 0.6 is 0 Å². The lowest BCUT2D eigenvalue weighted by molar-refractivity contribution is -0.117. The van der Waals surface area contributed by atoms with E-state index in [1.54, 1.807) is 6.07 Å².